The zero-order valence-corrected chi connectivity index (χ0v) is 9.03. The summed E-state index contributed by atoms with van der Waals surface area (Å²) in [6.07, 6.45) is 0.483. The van der Waals surface area contributed by atoms with Crippen molar-refractivity contribution in [3.8, 4) is 0 Å². The Balaban J connectivity index is 4.25. The van der Waals surface area contributed by atoms with Crippen molar-refractivity contribution in [2.45, 2.75) is 27.2 Å². The molecule has 1 unspecified atom stereocenters. The molecule has 0 saturated heterocycles. The molecule has 0 aromatic carbocycles. The van der Waals surface area contributed by atoms with Gasteiger partial charge in [0.25, 0.3) is 0 Å². The summed E-state index contributed by atoms with van der Waals surface area (Å²) in [5.41, 5.74) is 5.42. The quantitative estimate of drug-likeness (QED) is 0.296. The van der Waals surface area contributed by atoms with Crippen molar-refractivity contribution >= 4 is 11.7 Å². The molecule has 0 rings (SSSR count). The van der Waals surface area contributed by atoms with E-state index in [-0.39, 0.29) is 17.7 Å². The Bertz CT molecular complexity index is 216. The molecule has 0 aliphatic rings. The van der Waals surface area contributed by atoms with Crippen LogP contribution in [0.4, 0.5) is 0 Å². The van der Waals surface area contributed by atoms with Crippen molar-refractivity contribution in [3.05, 3.63) is 0 Å². The lowest BCUT2D eigenvalue weighted by atomic mass is 10.1. The van der Waals surface area contributed by atoms with Crippen LogP contribution in [-0.2, 0) is 4.79 Å². The Hall–Kier alpha value is -1.26. The van der Waals surface area contributed by atoms with Gasteiger partial charge < -0.3 is 15.8 Å². The van der Waals surface area contributed by atoms with Crippen LogP contribution in [0, 0.1) is 5.92 Å². The first-order chi connectivity index (χ1) is 6.56. The standard InChI is InChI=1S/C9H19N3O2/c1-4-8(13)12(5-2)6-7(3)9(10)11-14/h7,14H,4-6H2,1-3H3,(H2,10,11). The Labute approximate surface area is 84.6 Å². The van der Waals surface area contributed by atoms with Gasteiger partial charge in [0.2, 0.25) is 5.91 Å². The maximum Gasteiger partial charge on any atom is 0.222 e. The van der Waals surface area contributed by atoms with Crippen LogP contribution in [0.15, 0.2) is 5.16 Å². The third kappa shape index (κ3) is 3.64. The van der Waals surface area contributed by atoms with E-state index in [1.165, 1.54) is 0 Å². The third-order valence-electron chi connectivity index (χ3n) is 2.15. The highest BCUT2D eigenvalue weighted by molar-refractivity contribution is 5.83. The molecule has 1 atom stereocenters. The van der Waals surface area contributed by atoms with Crippen molar-refractivity contribution in [1.29, 1.82) is 0 Å². The molecule has 0 aliphatic carbocycles. The Kier molecular flexibility index (Phi) is 5.67. The molecule has 14 heavy (non-hydrogen) atoms. The molecule has 0 saturated carbocycles. The molecule has 5 nitrogen and oxygen atoms in total. The number of carbonyl (C=O) groups excluding carboxylic acids is 1. The molecule has 82 valence electrons. The minimum atomic E-state index is -0.115. The van der Waals surface area contributed by atoms with E-state index >= 15 is 0 Å². The van der Waals surface area contributed by atoms with Gasteiger partial charge in [0, 0.05) is 25.4 Å². The van der Waals surface area contributed by atoms with Crippen molar-refractivity contribution < 1.29 is 10.0 Å². The monoisotopic (exact) mass is 201 g/mol. The first-order valence-corrected chi connectivity index (χ1v) is 4.81. The fraction of sp³-hybridized carbons (Fsp3) is 0.778. The summed E-state index contributed by atoms with van der Waals surface area (Å²) in [7, 11) is 0. The minimum absolute atomic E-state index is 0.0880. The molecule has 0 spiro atoms. The fourth-order valence-corrected chi connectivity index (χ4v) is 1.15. The Morgan fingerprint density at radius 1 is 1.57 bits per heavy atom. The number of amidine groups is 1. The van der Waals surface area contributed by atoms with Crippen molar-refractivity contribution in [2.24, 2.45) is 16.8 Å². The largest absolute Gasteiger partial charge is 0.409 e. The number of hydrogen-bond acceptors (Lipinski definition) is 3. The van der Waals surface area contributed by atoms with Crippen LogP contribution in [-0.4, -0.2) is 34.9 Å². The summed E-state index contributed by atoms with van der Waals surface area (Å²) in [5, 5.41) is 11.4. The highest BCUT2D eigenvalue weighted by Crippen LogP contribution is 2.02. The van der Waals surface area contributed by atoms with Gasteiger partial charge in [-0.2, -0.15) is 0 Å². The second kappa shape index (κ2) is 6.23. The van der Waals surface area contributed by atoms with Gasteiger partial charge in [0.05, 0.1) is 0 Å². The molecule has 0 fully saturated rings. The average molecular weight is 201 g/mol. The highest BCUT2D eigenvalue weighted by atomic mass is 16.4. The molecule has 5 heteroatoms. The normalized spacial score (nSPS) is 13.8. The van der Waals surface area contributed by atoms with E-state index in [2.05, 4.69) is 5.16 Å². The van der Waals surface area contributed by atoms with Crippen LogP contribution in [0.5, 0.6) is 0 Å². The average Bonchev–Trinajstić information content (AvgIpc) is 2.22. The van der Waals surface area contributed by atoms with Crippen LogP contribution in [0.2, 0.25) is 0 Å². The molecular weight excluding hydrogens is 182 g/mol. The predicted octanol–water partition coefficient (Wildman–Crippen LogP) is 0.627. The van der Waals surface area contributed by atoms with Gasteiger partial charge in [0.15, 0.2) is 0 Å². The van der Waals surface area contributed by atoms with Crippen LogP contribution in [0.25, 0.3) is 0 Å². The van der Waals surface area contributed by atoms with Gasteiger partial charge in [-0.15, -0.1) is 0 Å². The molecule has 0 radical (unpaired) electrons. The number of carbonyl (C=O) groups is 1. The van der Waals surface area contributed by atoms with E-state index in [0.717, 1.165) is 0 Å². The topological polar surface area (TPSA) is 78.9 Å². The van der Waals surface area contributed by atoms with Crippen LogP contribution >= 0.6 is 0 Å². The van der Waals surface area contributed by atoms with Crippen molar-refractivity contribution in [3.63, 3.8) is 0 Å². The molecule has 0 aromatic heterocycles. The molecule has 0 bridgehead atoms. The lowest BCUT2D eigenvalue weighted by Crippen LogP contribution is -2.38. The lowest BCUT2D eigenvalue weighted by Gasteiger charge is -2.23. The summed E-state index contributed by atoms with van der Waals surface area (Å²) in [6.45, 7) is 6.70. The Morgan fingerprint density at radius 3 is 2.50 bits per heavy atom. The smallest absolute Gasteiger partial charge is 0.222 e. The Morgan fingerprint density at radius 2 is 2.14 bits per heavy atom. The van der Waals surface area contributed by atoms with Crippen molar-refractivity contribution in [2.75, 3.05) is 13.1 Å². The van der Waals surface area contributed by atoms with Gasteiger partial charge in [-0.25, -0.2) is 0 Å². The van der Waals surface area contributed by atoms with Crippen molar-refractivity contribution in [1.82, 2.24) is 4.90 Å². The summed E-state index contributed by atoms with van der Waals surface area (Å²) >= 11 is 0. The van der Waals surface area contributed by atoms with E-state index in [1.54, 1.807) is 4.90 Å². The van der Waals surface area contributed by atoms with E-state index < -0.39 is 0 Å². The summed E-state index contributed by atoms with van der Waals surface area (Å²) in [6, 6.07) is 0. The zero-order chi connectivity index (χ0) is 11.1. The second-order valence-electron chi connectivity index (χ2n) is 3.21. The molecule has 0 aromatic rings. The number of nitrogens with two attached hydrogens (primary N) is 1. The third-order valence-corrected chi connectivity index (χ3v) is 2.15. The number of oxime groups is 1. The van der Waals surface area contributed by atoms with E-state index in [9.17, 15) is 4.79 Å². The molecule has 1 amide bonds. The number of rotatable bonds is 5. The van der Waals surface area contributed by atoms with Crippen LogP contribution in [0.1, 0.15) is 27.2 Å². The van der Waals surface area contributed by atoms with Gasteiger partial charge in [-0.1, -0.05) is 19.0 Å². The van der Waals surface area contributed by atoms with Gasteiger partial charge in [0.1, 0.15) is 5.84 Å². The maximum atomic E-state index is 11.4. The van der Waals surface area contributed by atoms with E-state index in [4.69, 9.17) is 10.9 Å². The van der Waals surface area contributed by atoms with Gasteiger partial charge >= 0.3 is 0 Å². The van der Waals surface area contributed by atoms with E-state index in [0.29, 0.717) is 19.5 Å². The zero-order valence-electron chi connectivity index (χ0n) is 9.03. The molecule has 0 heterocycles. The first kappa shape index (κ1) is 12.7. The predicted molar refractivity (Wildman–Crippen MR) is 55.1 cm³/mol. The number of amides is 1. The summed E-state index contributed by atoms with van der Waals surface area (Å²) < 4.78 is 0. The molecule has 3 N–H and O–H groups in total. The van der Waals surface area contributed by atoms with Crippen LogP contribution in [0.3, 0.4) is 0 Å². The molecular formula is C9H19N3O2. The fourth-order valence-electron chi connectivity index (χ4n) is 1.15. The van der Waals surface area contributed by atoms with Gasteiger partial charge in [-0.3, -0.25) is 4.79 Å². The first-order valence-electron chi connectivity index (χ1n) is 4.81. The van der Waals surface area contributed by atoms with Crippen LogP contribution < -0.4 is 5.73 Å². The highest BCUT2D eigenvalue weighted by Gasteiger charge is 2.15. The SMILES string of the molecule is CCC(=O)N(CC)CC(C)C(N)=NO. The maximum absolute atomic E-state index is 11.4. The number of nitrogens with zero attached hydrogens (tertiary/aromatic N) is 2. The number of hydrogen-bond donors (Lipinski definition) is 2. The molecule has 0 aliphatic heterocycles. The second-order valence-corrected chi connectivity index (χ2v) is 3.21. The van der Waals surface area contributed by atoms with E-state index in [1.807, 2.05) is 20.8 Å². The summed E-state index contributed by atoms with van der Waals surface area (Å²) in [5.74, 6) is 0.132. The van der Waals surface area contributed by atoms with Gasteiger partial charge in [-0.05, 0) is 6.92 Å². The summed E-state index contributed by atoms with van der Waals surface area (Å²) in [4.78, 5) is 13.1. The minimum Gasteiger partial charge on any atom is -0.409 e. The lowest BCUT2D eigenvalue weighted by molar-refractivity contribution is -0.130.